The van der Waals surface area contributed by atoms with Gasteiger partial charge in [-0.15, -0.1) is 0 Å². The molecular formula is C24H32FN3O5S. The van der Waals surface area contributed by atoms with E-state index in [-0.39, 0.29) is 24.2 Å². The van der Waals surface area contributed by atoms with Crippen LogP contribution in [0.4, 0.5) is 10.1 Å². The molecule has 0 saturated carbocycles. The highest BCUT2D eigenvalue weighted by Crippen LogP contribution is 2.21. The Hall–Kier alpha value is -3.14. The molecule has 1 N–H and O–H groups in total. The summed E-state index contributed by atoms with van der Waals surface area (Å²) in [5.41, 5.74) is 0.902. The summed E-state index contributed by atoms with van der Waals surface area (Å²) < 4.78 is 44.4. The Morgan fingerprint density at radius 2 is 1.65 bits per heavy atom. The summed E-state index contributed by atoms with van der Waals surface area (Å²) in [6.45, 7) is 4.98. The molecular weight excluding hydrogens is 461 g/mol. The van der Waals surface area contributed by atoms with Crippen LogP contribution in [-0.4, -0.2) is 57.1 Å². The first kappa shape index (κ1) is 27.1. The minimum absolute atomic E-state index is 0.0911. The van der Waals surface area contributed by atoms with Crippen molar-refractivity contribution in [3.05, 3.63) is 59.9 Å². The Morgan fingerprint density at radius 3 is 2.12 bits per heavy atom. The predicted molar refractivity (Wildman–Crippen MR) is 129 cm³/mol. The molecule has 0 heterocycles. The largest absolute Gasteiger partial charge is 0.497 e. The van der Waals surface area contributed by atoms with Crippen molar-refractivity contribution in [2.24, 2.45) is 0 Å². The minimum atomic E-state index is -3.87. The minimum Gasteiger partial charge on any atom is -0.497 e. The van der Waals surface area contributed by atoms with Crippen LogP contribution in [0.3, 0.4) is 0 Å². The van der Waals surface area contributed by atoms with Crippen LogP contribution in [0.15, 0.2) is 48.5 Å². The molecule has 0 aromatic heterocycles. The van der Waals surface area contributed by atoms with Crippen LogP contribution in [0.2, 0.25) is 0 Å². The fraction of sp³-hybridized carbons (Fsp3) is 0.417. The molecule has 2 aromatic carbocycles. The summed E-state index contributed by atoms with van der Waals surface area (Å²) in [5, 5.41) is 2.83. The third kappa shape index (κ3) is 7.44. The van der Waals surface area contributed by atoms with Crippen LogP contribution < -0.4 is 14.4 Å². The summed E-state index contributed by atoms with van der Waals surface area (Å²) in [6.07, 6.45) is 1.30. The lowest BCUT2D eigenvalue weighted by atomic mass is 10.1. The van der Waals surface area contributed by atoms with Crippen molar-refractivity contribution in [3.8, 4) is 5.75 Å². The third-order valence-corrected chi connectivity index (χ3v) is 6.26. The molecule has 34 heavy (non-hydrogen) atoms. The lowest BCUT2D eigenvalue weighted by Crippen LogP contribution is -2.53. The first-order chi connectivity index (χ1) is 16.0. The Kier molecular flexibility index (Phi) is 9.43. The molecule has 0 aliphatic carbocycles. The number of sulfonamides is 1. The van der Waals surface area contributed by atoms with Crippen LogP contribution in [0.1, 0.15) is 32.8 Å². The van der Waals surface area contributed by atoms with Gasteiger partial charge in [-0.25, -0.2) is 12.8 Å². The van der Waals surface area contributed by atoms with E-state index in [4.69, 9.17) is 4.74 Å². The molecule has 0 spiro atoms. The maximum Gasteiger partial charge on any atom is 0.244 e. The number of nitrogens with one attached hydrogen (secondary N) is 1. The summed E-state index contributed by atoms with van der Waals surface area (Å²) in [7, 11) is -2.32. The zero-order chi connectivity index (χ0) is 25.5. The topological polar surface area (TPSA) is 96.0 Å². The summed E-state index contributed by atoms with van der Waals surface area (Å²) in [4.78, 5) is 27.8. The molecule has 186 valence electrons. The number of amides is 2. The van der Waals surface area contributed by atoms with Gasteiger partial charge in [-0.05, 0) is 62.2 Å². The highest BCUT2D eigenvalue weighted by Gasteiger charge is 2.32. The third-order valence-electron chi connectivity index (χ3n) is 5.12. The lowest BCUT2D eigenvalue weighted by molar-refractivity contribution is -0.140. The molecule has 0 saturated heterocycles. The normalized spacial score (nSPS) is 12.2. The number of hydrogen-bond acceptors (Lipinski definition) is 5. The lowest BCUT2D eigenvalue weighted by Gasteiger charge is -2.33. The van der Waals surface area contributed by atoms with Crippen molar-refractivity contribution < 1.29 is 27.1 Å². The van der Waals surface area contributed by atoms with E-state index in [0.717, 1.165) is 28.3 Å². The average Bonchev–Trinajstić information content (AvgIpc) is 2.77. The summed E-state index contributed by atoms with van der Waals surface area (Å²) >= 11 is 0. The number of benzene rings is 2. The number of nitrogens with zero attached hydrogens (tertiary/aromatic N) is 2. The second-order valence-electron chi connectivity index (χ2n) is 8.20. The second kappa shape index (κ2) is 11.8. The average molecular weight is 494 g/mol. The molecule has 0 bridgehead atoms. The number of methoxy groups -OCH3 is 1. The zero-order valence-corrected chi connectivity index (χ0v) is 20.9. The van der Waals surface area contributed by atoms with Crippen molar-refractivity contribution in [2.45, 2.75) is 45.8 Å². The van der Waals surface area contributed by atoms with E-state index < -0.39 is 34.3 Å². The van der Waals surface area contributed by atoms with E-state index >= 15 is 0 Å². The molecule has 0 aliphatic rings. The number of ether oxygens (including phenoxy) is 1. The van der Waals surface area contributed by atoms with Crippen molar-refractivity contribution in [1.29, 1.82) is 0 Å². The molecule has 2 rings (SSSR count). The molecule has 0 radical (unpaired) electrons. The van der Waals surface area contributed by atoms with Gasteiger partial charge >= 0.3 is 0 Å². The van der Waals surface area contributed by atoms with E-state index in [1.54, 1.807) is 38.3 Å². The Labute approximate surface area is 200 Å². The number of carbonyl (C=O) groups is 2. The first-order valence-electron chi connectivity index (χ1n) is 10.9. The number of carbonyl (C=O) groups excluding carboxylic acids is 2. The standard InChI is InChI=1S/C24H32FN3O5S/c1-6-22(24(30)26-17(2)3)27(15-18-7-13-21(33-4)14-8-18)23(29)16-28(34(5,31)32)20-11-9-19(25)10-12-20/h7-14,17,22H,6,15-16H2,1-5H3,(H,26,30)/t22-/m1/s1. The van der Waals surface area contributed by atoms with Gasteiger partial charge in [-0.1, -0.05) is 19.1 Å². The van der Waals surface area contributed by atoms with Gasteiger partial charge in [0, 0.05) is 12.6 Å². The SMILES string of the molecule is CC[C@H](C(=O)NC(C)C)N(Cc1ccc(OC)cc1)C(=O)CN(c1ccc(F)cc1)S(C)(=O)=O. The van der Waals surface area contributed by atoms with Gasteiger partial charge in [-0.2, -0.15) is 0 Å². The van der Waals surface area contributed by atoms with Crippen molar-refractivity contribution >= 4 is 27.5 Å². The molecule has 0 unspecified atom stereocenters. The van der Waals surface area contributed by atoms with Crippen molar-refractivity contribution in [2.75, 3.05) is 24.2 Å². The van der Waals surface area contributed by atoms with E-state index in [0.29, 0.717) is 12.2 Å². The van der Waals surface area contributed by atoms with Gasteiger partial charge in [0.05, 0.1) is 19.1 Å². The van der Waals surface area contributed by atoms with E-state index in [9.17, 15) is 22.4 Å². The molecule has 2 aromatic rings. The highest BCUT2D eigenvalue weighted by molar-refractivity contribution is 7.92. The fourth-order valence-corrected chi connectivity index (χ4v) is 4.30. The monoisotopic (exact) mass is 493 g/mol. The highest BCUT2D eigenvalue weighted by atomic mass is 32.2. The van der Waals surface area contributed by atoms with Crippen LogP contribution in [0.25, 0.3) is 0 Å². The Bertz CT molecular complexity index is 1070. The fourth-order valence-electron chi connectivity index (χ4n) is 3.45. The number of rotatable bonds is 11. The Morgan fingerprint density at radius 1 is 1.06 bits per heavy atom. The van der Waals surface area contributed by atoms with E-state index in [1.165, 1.54) is 17.0 Å². The zero-order valence-electron chi connectivity index (χ0n) is 20.1. The Balaban J connectivity index is 2.42. The van der Waals surface area contributed by atoms with Crippen LogP contribution in [-0.2, 0) is 26.2 Å². The van der Waals surface area contributed by atoms with Crippen LogP contribution in [0.5, 0.6) is 5.75 Å². The van der Waals surface area contributed by atoms with E-state index in [1.807, 2.05) is 13.8 Å². The maximum absolute atomic E-state index is 13.5. The molecule has 0 aliphatic heterocycles. The van der Waals surface area contributed by atoms with Crippen LogP contribution in [0, 0.1) is 5.82 Å². The number of halogens is 1. The van der Waals surface area contributed by atoms with Gasteiger partial charge in [0.25, 0.3) is 0 Å². The summed E-state index contributed by atoms with van der Waals surface area (Å²) in [5.74, 6) is -0.768. The second-order valence-corrected chi connectivity index (χ2v) is 10.1. The molecule has 2 amide bonds. The number of anilines is 1. The van der Waals surface area contributed by atoms with Gasteiger partial charge in [-0.3, -0.25) is 13.9 Å². The maximum atomic E-state index is 13.5. The first-order valence-corrected chi connectivity index (χ1v) is 12.8. The number of hydrogen-bond donors (Lipinski definition) is 1. The van der Waals surface area contributed by atoms with Gasteiger partial charge < -0.3 is 15.0 Å². The van der Waals surface area contributed by atoms with E-state index in [2.05, 4.69) is 5.32 Å². The molecule has 1 atom stereocenters. The predicted octanol–water partition coefficient (Wildman–Crippen LogP) is 2.93. The quantitative estimate of drug-likeness (QED) is 0.519. The van der Waals surface area contributed by atoms with Crippen molar-refractivity contribution in [1.82, 2.24) is 10.2 Å². The van der Waals surface area contributed by atoms with Gasteiger partial charge in [0.1, 0.15) is 24.2 Å². The molecule has 10 heteroatoms. The molecule has 0 fully saturated rings. The summed E-state index contributed by atoms with van der Waals surface area (Å²) in [6, 6.07) is 10.9. The smallest absolute Gasteiger partial charge is 0.244 e. The van der Waals surface area contributed by atoms with Crippen LogP contribution >= 0.6 is 0 Å². The van der Waals surface area contributed by atoms with Gasteiger partial charge in [0.15, 0.2) is 0 Å². The molecule has 8 nitrogen and oxygen atoms in total. The van der Waals surface area contributed by atoms with Gasteiger partial charge in [0.2, 0.25) is 21.8 Å². The van der Waals surface area contributed by atoms with Crippen molar-refractivity contribution in [3.63, 3.8) is 0 Å².